The first-order valence-electron chi connectivity index (χ1n) is 7.24. The smallest absolute Gasteiger partial charge is 0.269 e. The molecule has 0 aliphatic heterocycles. The lowest BCUT2D eigenvalue weighted by atomic mass is 10.1. The van der Waals surface area contributed by atoms with Crippen molar-refractivity contribution in [2.24, 2.45) is 5.73 Å². The van der Waals surface area contributed by atoms with Crippen molar-refractivity contribution in [2.45, 2.75) is 33.0 Å². The van der Waals surface area contributed by atoms with E-state index in [1.165, 1.54) is 18.4 Å². The third-order valence-electron chi connectivity index (χ3n) is 3.49. The van der Waals surface area contributed by atoms with Gasteiger partial charge in [-0.05, 0) is 25.5 Å². The topological polar surface area (TPSA) is 103 Å². The molecule has 0 unspecified atom stereocenters. The quantitative estimate of drug-likeness (QED) is 0.634. The summed E-state index contributed by atoms with van der Waals surface area (Å²) in [5.74, 6) is 0.384. The SMILES string of the molecule is CC(C)N(Cc1ccc([N+](=O)[O-])cc1)C(=O)c1coc(CN)c1.Cl. The molecule has 2 rings (SSSR count). The fourth-order valence-corrected chi connectivity index (χ4v) is 2.17. The average molecular weight is 354 g/mol. The molecule has 0 atom stereocenters. The van der Waals surface area contributed by atoms with Crippen LogP contribution < -0.4 is 5.73 Å². The Morgan fingerprint density at radius 3 is 2.42 bits per heavy atom. The maximum absolute atomic E-state index is 12.6. The van der Waals surface area contributed by atoms with Crippen LogP contribution in [0.4, 0.5) is 5.69 Å². The lowest BCUT2D eigenvalue weighted by molar-refractivity contribution is -0.384. The number of nitrogens with two attached hydrogens (primary N) is 1. The van der Waals surface area contributed by atoms with Gasteiger partial charge in [0.05, 0.1) is 17.0 Å². The Labute approximate surface area is 146 Å². The summed E-state index contributed by atoms with van der Waals surface area (Å²) in [6.45, 7) is 4.41. The molecule has 7 nitrogen and oxygen atoms in total. The van der Waals surface area contributed by atoms with Crippen LogP contribution in [-0.4, -0.2) is 21.8 Å². The van der Waals surface area contributed by atoms with Crippen LogP contribution in [0.15, 0.2) is 41.0 Å². The zero-order chi connectivity index (χ0) is 17.0. The number of amides is 1. The molecule has 0 aliphatic carbocycles. The van der Waals surface area contributed by atoms with Crippen LogP contribution in [0, 0.1) is 10.1 Å². The molecule has 2 N–H and O–H groups in total. The minimum atomic E-state index is -0.449. The molecule has 130 valence electrons. The van der Waals surface area contributed by atoms with Crippen LogP contribution in [0.3, 0.4) is 0 Å². The van der Waals surface area contributed by atoms with Gasteiger partial charge in [0.2, 0.25) is 0 Å². The van der Waals surface area contributed by atoms with E-state index >= 15 is 0 Å². The number of benzene rings is 1. The van der Waals surface area contributed by atoms with E-state index in [9.17, 15) is 14.9 Å². The number of halogens is 1. The van der Waals surface area contributed by atoms with E-state index in [1.54, 1.807) is 23.1 Å². The van der Waals surface area contributed by atoms with Crippen molar-refractivity contribution in [2.75, 3.05) is 0 Å². The van der Waals surface area contributed by atoms with Crippen LogP contribution in [0.25, 0.3) is 0 Å². The molecule has 0 radical (unpaired) electrons. The third-order valence-corrected chi connectivity index (χ3v) is 3.49. The average Bonchev–Trinajstić information content (AvgIpc) is 3.01. The molecule has 0 saturated heterocycles. The van der Waals surface area contributed by atoms with E-state index in [2.05, 4.69) is 0 Å². The van der Waals surface area contributed by atoms with Crippen molar-refractivity contribution < 1.29 is 14.1 Å². The van der Waals surface area contributed by atoms with Gasteiger partial charge in [-0.1, -0.05) is 12.1 Å². The molecule has 0 bridgehead atoms. The maximum atomic E-state index is 12.6. The Morgan fingerprint density at radius 1 is 1.33 bits per heavy atom. The highest BCUT2D eigenvalue weighted by Gasteiger charge is 2.21. The molecular weight excluding hydrogens is 334 g/mol. The standard InChI is InChI=1S/C16H19N3O4.ClH/c1-11(2)18(16(20)13-7-15(8-17)23-10-13)9-12-3-5-14(6-4-12)19(21)22;/h3-7,10-11H,8-9,17H2,1-2H3;1H. The lowest BCUT2D eigenvalue weighted by Crippen LogP contribution is -2.36. The van der Waals surface area contributed by atoms with Crippen LogP contribution in [0.5, 0.6) is 0 Å². The fraction of sp³-hybridized carbons (Fsp3) is 0.312. The number of nitrogens with zero attached hydrogens (tertiary/aromatic N) is 2. The minimum absolute atomic E-state index is 0. The van der Waals surface area contributed by atoms with E-state index < -0.39 is 4.92 Å². The third kappa shape index (κ3) is 4.56. The van der Waals surface area contributed by atoms with Gasteiger partial charge in [-0.2, -0.15) is 0 Å². The Hall–Kier alpha value is -2.38. The highest BCUT2D eigenvalue weighted by molar-refractivity contribution is 5.94. The molecule has 2 aromatic rings. The minimum Gasteiger partial charge on any atom is -0.467 e. The Balaban J connectivity index is 0.00000288. The van der Waals surface area contributed by atoms with Crippen molar-refractivity contribution in [3.63, 3.8) is 0 Å². The molecule has 24 heavy (non-hydrogen) atoms. The highest BCUT2D eigenvalue weighted by atomic mass is 35.5. The van der Waals surface area contributed by atoms with Gasteiger partial charge in [0.1, 0.15) is 12.0 Å². The number of carbonyl (C=O) groups is 1. The molecule has 0 fully saturated rings. The molecule has 1 amide bonds. The molecule has 1 aromatic heterocycles. The van der Waals surface area contributed by atoms with Crippen molar-refractivity contribution in [3.05, 3.63) is 63.6 Å². The fourth-order valence-electron chi connectivity index (χ4n) is 2.17. The van der Waals surface area contributed by atoms with E-state index in [0.717, 1.165) is 5.56 Å². The van der Waals surface area contributed by atoms with Crippen LogP contribution in [0.2, 0.25) is 0 Å². The van der Waals surface area contributed by atoms with E-state index in [1.807, 2.05) is 13.8 Å². The summed E-state index contributed by atoms with van der Waals surface area (Å²) < 4.78 is 5.21. The molecule has 0 spiro atoms. The highest BCUT2D eigenvalue weighted by Crippen LogP contribution is 2.18. The van der Waals surface area contributed by atoms with Gasteiger partial charge < -0.3 is 15.1 Å². The second-order valence-corrected chi connectivity index (χ2v) is 5.46. The van der Waals surface area contributed by atoms with Gasteiger partial charge in [0.15, 0.2) is 0 Å². The number of nitro benzene ring substituents is 1. The summed E-state index contributed by atoms with van der Waals surface area (Å²) in [5, 5.41) is 10.7. The first kappa shape index (κ1) is 19.7. The van der Waals surface area contributed by atoms with Gasteiger partial charge in [0, 0.05) is 24.7 Å². The number of furan rings is 1. The summed E-state index contributed by atoms with van der Waals surface area (Å²) in [7, 11) is 0. The second-order valence-electron chi connectivity index (χ2n) is 5.46. The van der Waals surface area contributed by atoms with Gasteiger partial charge in [0.25, 0.3) is 11.6 Å². The summed E-state index contributed by atoms with van der Waals surface area (Å²) in [6.07, 6.45) is 1.40. The molecule has 0 saturated carbocycles. The van der Waals surface area contributed by atoms with Crippen LogP contribution in [0.1, 0.15) is 35.5 Å². The van der Waals surface area contributed by atoms with Crippen molar-refractivity contribution >= 4 is 24.0 Å². The summed E-state index contributed by atoms with van der Waals surface area (Å²) in [6, 6.07) is 7.77. The first-order chi connectivity index (χ1) is 10.9. The predicted molar refractivity (Wildman–Crippen MR) is 92.0 cm³/mol. The van der Waals surface area contributed by atoms with E-state index in [0.29, 0.717) is 17.9 Å². The zero-order valence-corrected chi connectivity index (χ0v) is 14.3. The number of non-ortho nitro benzene ring substituents is 1. The number of nitro groups is 1. The van der Waals surface area contributed by atoms with E-state index in [-0.39, 0.29) is 36.6 Å². The number of carbonyl (C=O) groups excluding carboxylic acids is 1. The number of rotatable bonds is 6. The van der Waals surface area contributed by atoms with Gasteiger partial charge in [-0.25, -0.2) is 0 Å². The number of hydrogen-bond donors (Lipinski definition) is 1. The van der Waals surface area contributed by atoms with Crippen molar-refractivity contribution in [1.29, 1.82) is 0 Å². The lowest BCUT2D eigenvalue weighted by Gasteiger charge is -2.26. The maximum Gasteiger partial charge on any atom is 0.269 e. The summed E-state index contributed by atoms with van der Waals surface area (Å²) in [4.78, 5) is 24.5. The number of hydrogen-bond acceptors (Lipinski definition) is 5. The molecule has 1 heterocycles. The van der Waals surface area contributed by atoms with Gasteiger partial charge in [-0.3, -0.25) is 14.9 Å². The Bertz CT molecular complexity index is 698. The molecule has 0 aliphatic rings. The van der Waals surface area contributed by atoms with Gasteiger partial charge >= 0.3 is 0 Å². The van der Waals surface area contributed by atoms with Crippen molar-refractivity contribution in [3.8, 4) is 0 Å². The Kier molecular flexibility index (Phi) is 6.94. The predicted octanol–water partition coefficient (Wildman–Crippen LogP) is 3.12. The summed E-state index contributed by atoms with van der Waals surface area (Å²) >= 11 is 0. The molecule has 1 aromatic carbocycles. The van der Waals surface area contributed by atoms with Crippen LogP contribution in [-0.2, 0) is 13.1 Å². The molecule has 8 heteroatoms. The molecular formula is C16H20ClN3O4. The largest absolute Gasteiger partial charge is 0.467 e. The van der Waals surface area contributed by atoms with Gasteiger partial charge in [-0.15, -0.1) is 12.4 Å². The second kappa shape index (κ2) is 8.47. The Morgan fingerprint density at radius 2 is 1.96 bits per heavy atom. The first-order valence-corrected chi connectivity index (χ1v) is 7.24. The summed E-state index contributed by atoms with van der Waals surface area (Å²) in [5.41, 5.74) is 6.78. The normalized spacial score (nSPS) is 10.3. The van der Waals surface area contributed by atoms with Crippen LogP contribution >= 0.6 is 12.4 Å². The zero-order valence-electron chi connectivity index (χ0n) is 13.5. The van der Waals surface area contributed by atoms with E-state index in [4.69, 9.17) is 10.2 Å². The van der Waals surface area contributed by atoms with Crippen molar-refractivity contribution in [1.82, 2.24) is 4.90 Å². The monoisotopic (exact) mass is 353 g/mol.